The van der Waals surface area contributed by atoms with Gasteiger partial charge in [0.2, 0.25) is 0 Å². The van der Waals surface area contributed by atoms with Gasteiger partial charge in [0.05, 0.1) is 12.0 Å². The number of aromatic nitrogens is 2. The van der Waals surface area contributed by atoms with E-state index in [1.54, 1.807) is 25.1 Å². The van der Waals surface area contributed by atoms with Gasteiger partial charge in [0.1, 0.15) is 0 Å². The highest BCUT2D eigenvalue weighted by Crippen LogP contribution is 2.29. The summed E-state index contributed by atoms with van der Waals surface area (Å²) in [6, 6.07) is 8.45. The first kappa shape index (κ1) is 19.6. The molecule has 0 N–H and O–H groups in total. The lowest BCUT2D eigenvalue weighted by Crippen LogP contribution is -2.17. The van der Waals surface area contributed by atoms with Crippen LogP contribution in [0.4, 0.5) is 0 Å². The number of hydrogen-bond donors (Lipinski definition) is 0. The zero-order valence-electron chi connectivity index (χ0n) is 15.5. The first-order chi connectivity index (χ1) is 13.5. The minimum absolute atomic E-state index is 0.0976. The summed E-state index contributed by atoms with van der Waals surface area (Å²) in [5.41, 5.74) is 0.485. The molecule has 2 heterocycles. The molecule has 0 unspecified atom stereocenters. The van der Waals surface area contributed by atoms with E-state index in [1.807, 2.05) is 17.5 Å². The molecule has 0 radical (unpaired) electrons. The summed E-state index contributed by atoms with van der Waals surface area (Å²) >= 11 is 1.47. The summed E-state index contributed by atoms with van der Waals surface area (Å²) in [4.78, 5) is 24.3. The van der Waals surface area contributed by atoms with Crippen LogP contribution >= 0.6 is 11.3 Å². The molecule has 0 saturated heterocycles. The van der Waals surface area contributed by atoms with Crippen molar-refractivity contribution in [2.24, 2.45) is 0 Å². The fourth-order valence-corrected chi connectivity index (χ4v) is 2.97. The van der Waals surface area contributed by atoms with Crippen LogP contribution in [0.15, 0.2) is 40.1 Å². The van der Waals surface area contributed by atoms with Gasteiger partial charge in [-0.1, -0.05) is 6.07 Å². The Hall–Kier alpha value is -3.20. The number of ether oxygens (including phenoxy) is 3. The SMILES string of the molecule is COc1cc(C(C)=O)ccc1OCC(=O)O[C@@H](C)c1nnc(-c2cccs2)o1. The van der Waals surface area contributed by atoms with E-state index in [2.05, 4.69) is 10.2 Å². The number of hydrogen-bond acceptors (Lipinski definition) is 9. The number of rotatable bonds is 8. The highest BCUT2D eigenvalue weighted by molar-refractivity contribution is 7.13. The van der Waals surface area contributed by atoms with Crippen LogP contribution in [0.1, 0.15) is 36.2 Å². The van der Waals surface area contributed by atoms with E-state index in [4.69, 9.17) is 18.6 Å². The van der Waals surface area contributed by atoms with Crippen LogP contribution in [0, 0.1) is 0 Å². The van der Waals surface area contributed by atoms with E-state index in [-0.39, 0.29) is 18.3 Å². The minimum atomic E-state index is -0.723. The molecule has 0 fully saturated rings. The van der Waals surface area contributed by atoms with Crippen molar-refractivity contribution in [3.8, 4) is 22.3 Å². The van der Waals surface area contributed by atoms with Gasteiger partial charge in [0.15, 0.2) is 30.0 Å². The van der Waals surface area contributed by atoms with Gasteiger partial charge in [-0.05, 0) is 43.5 Å². The van der Waals surface area contributed by atoms with Crippen molar-refractivity contribution >= 4 is 23.1 Å². The van der Waals surface area contributed by atoms with Gasteiger partial charge in [-0.25, -0.2) is 4.79 Å². The van der Waals surface area contributed by atoms with Gasteiger partial charge in [-0.15, -0.1) is 21.5 Å². The molecule has 0 aliphatic heterocycles. The molecular weight excluding hydrogens is 384 g/mol. The van der Waals surface area contributed by atoms with Gasteiger partial charge in [-0.2, -0.15) is 0 Å². The lowest BCUT2D eigenvalue weighted by atomic mass is 10.1. The fraction of sp³-hybridized carbons (Fsp3) is 0.263. The van der Waals surface area contributed by atoms with Gasteiger partial charge in [-0.3, -0.25) is 4.79 Å². The van der Waals surface area contributed by atoms with Crippen molar-refractivity contribution in [1.29, 1.82) is 0 Å². The van der Waals surface area contributed by atoms with Crippen molar-refractivity contribution in [2.45, 2.75) is 20.0 Å². The third-order valence-electron chi connectivity index (χ3n) is 3.74. The average Bonchev–Trinajstić information content (AvgIpc) is 3.37. The first-order valence-electron chi connectivity index (χ1n) is 8.36. The smallest absolute Gasteiger partial charge is 0.344 e. The molecule has 1 atom stereocenters. The summed E-state index contributed by atoms with van der Waals surface area (Å²) < 4.78 is 21.5. The monoisotopic (exact) mass is 402 g/mol. The van der Waals surface area contributed by atoms with E-state index in [1.165, 1.54) is 25.4 Å². The largest absolute Gasteiger partial charge is 0.493 e. The number of nitrogens with zero attached hydrogens (tertiary/aromatic N) is 2. The van der Waals surface area contributed by atoms with Crippen LogP contribution in [-0.4, -0.2) is 35.7 Å². The Bertz CT molecular complexity index is 967. The zero-order valence-corrected chi connectivity index (χ0v) is 16.3. The predicted molar refractivity (Wildman–Crippen MR) is 101 cm³/mol. The molecule has 8 nitrogen and oxygen atoms in total. The molecule has 1 aromatic carbocycles. The Labute approximate surface area is 165 Å². The number of carbonyl (C=O) groups excluding carboxylic acids is 2. The molecule has 3 aromatic rings. The van der Waals surface area contributed by atoms with Gasteiger partial charge in [0, 0.05) is 5.56 Å². The Morgan fingerprint density at radius 3 is 2.71 bits per heavy atom. The van der Waals surface area contributed by atoms with Crippen LogP contribution < -0.4 is 9.47 Å². The van der Waals surface area contributed by atoms with Gasteiger partial charge < -0.3 is 18.6 Å². The molecule has 2 aromatic heterocycles. The van der Waals surface area contributed by atoms with Crippen molar-refractivity contribution in [3.05, 3.63) is 47.2 Å². The van der Waals surface area contributed by atoms with E-state index in [0.29, 0.717) is 23.0 Å². The fourth-order valence-electron chi connectivity index (χ4n) is 2.32. The number of Topliss-reactive ketones (excluding diaryl/α,β-unsaturated/α-hetero) is 1. The molecule has 9 heteroatoms. The first-order valence-corrected chi connectivity index (χ1v) is 9.24. The Morgan fingerprint density at radius 2 is 2.04 bits per heavy atom. The van der Waals surface area contributed by atoms with Crippen LogP contribution in [0.5, 0.6) is 11.5 Å². The van der Waals surface area contributed by atoms with Crippen LogP contribution in [0.2, 0.25) is 0 Å². The third kappa shape index (κ3) is 4.55. The lowest BCUT2D eigenvalue weighted by molar-refractivity contribution is -0.152. The average molecular weight is 402 g/mol. The van der Waals surface area contributed by atoms with Crippen LogP contribution in [-0.2, 0) is 9.53 Å². The second-order valence-electron chi connectivity index (χ2n) is 5.77. The van der Waals surface area contributed by atoms with Gasteiger partial charge >= 0.3 is 5.97 Å². The molecule has 0 saturated carbocycles. The number of ketones is 1. The number of benzene rings is 1. The van der Waals surface area contributed by atoms with E-state index in [0.717, 1.165) is 4.88 Å². The second kappa shape index (κ2) is 8.66. The number of methoxy groups -OCH3 is 1. The predicted octanol–water partition coefficient (Wildman–Crippen LogP) is 3.69. The molecule has 0 aliphatic carbocycles. The summed E-state index contributed by atoms with van der Waals surface area (Å²) in [6.45, 7) is 2.74. The molecule has 0 amide bonds. The van der Waals surface area contributed by atoms with Crippen molar-refractivity contribution < 1.29 is 28.2 Å². The van der Waals surface area contributed by atoms with Crippen molar-refractivity contribution in [3.63, 3.8) is 0 Å². The van der Waals surface area contributed by atoms with Crippen LogP contribution in [0.25, 0.3) is 10.8 Å². The number of esters is 1. The maximum atomic E-state index is 12.1. The lowest BCUT2D eigenvalue weighted by Gasteiger charge is -2.13. The molecule has 0 spiro atoms. The zero-order chi connectivity index (χ0) is 20.1. The van der Waals surface area contributed by atoms with E-state index < -0.39 is 12.1 Å². The Balaban J connectivity index is 1.58. The molecule has 0 aliphatic rings. The van der Waals surface area contributed by atoms with E-state index in [9.17, 15) is 9.59 Å². The highest BCUT2D eigenvalue weighted by atomic mass is 32.1. The van der Waals surface area contributed by atoms with Crippen LogP contribution in [0.3, 0.4) is 0 Å². The molecule has 0 bridgehead atoms. The number of carbonyl (C=O) groups is 2. The van der Waals surface area contributed by atoms with Crippen molar-refractivity contribution in [2.75, 3.05) is 13.7 Å². The standard InChI is InChI=1S/C19H18N2O6S/c1-11(22)13-6-7-14(15(9-13)24-3)25-10-17(23)26-12(2)18-20-21-19(27-18)16-5-4-8-28-16/h4-9,12H,10H2,1-3H3/t12-/m0/s1. The quantitative estimate of drug-likeness (QED) is 0.415. The third-order valence-corrected chi connectivity index (χ3v) is 4.60. The minimum Gasteiger partial charge on any atom is -0.493 e. The summed E-state index contributed by atoms with van der Waals surface area (Å²) in [5.74, 6) is 0.543. The number of thiophene rings is 1. The highest BCUT2D eigenvalue weighted by Gasteiger charge is 2.20. The molecular formula is C19H18N2O6S. The second-order valence-corrected chi connectivity index (χ2v) is 6.71. The summed E-state index contributed by atoms with van der Waals surface area (Å²) in [7, 11) is 1.45. The summed E-state index contributed by atoms with van der Waals surface area (Å²) in [6.07, 6.45) is -0.723. The van der Waals surface area contributed by atoms with Gasteiger partial charge in [0.25, 0.3) is 11.8 Å². The molecule has 3 rings (SSSR count). The topological polar surface area (TPSA) is 101 Å². The maximum absolute atomic E-state index is 12.1. The normalized spacial score (nSPS) is 11.7. The maximum Gasteiger partial charge on any atom is 0.344 e. The van der Waals surface area contributed by atoms with Crippen molar-refractivity contribution in [1.82, 2.24) is 10.2 Å². The Morgan fingerprint density at radius 1 is 1.21 bits per heavy atom. The summed E-state index contributed by atoms with van der Waals surface area (Å²) in [5, 5.41) is 9.77. The molecule has 146 valence electrons. The van der Waals surface area contributed by atoms with E-state index >= 15 is 0 Å². The Kier molecular flexibility index (Phi) is 6.05. The molecule has 28 heavy (non-hydrogen) atoms.